The molecule has 1 fully saturated rings. The molecule has 0 radical (unpaired) electrons. The van der Waals surface area contributed by atoms with E-state index in [9.17, 15) is 13.6 Å². The van der Waals surface area contributed by atoms with Gasteiger partial charge in [-0.2, -0.15) is 0 Å². The zero-order valence-corrected chi connectivity index (χ0v) is 16.4. The van der Waals surface area contributed by atoms with Crippen LogP contribution in [0.1, 0.15) is 16.7 Å². The minimum atomic E-state index is -0.305. The highest BCUT2D eigenvalue weighted by molar-refractivity contribution is 6.14. The lowest BCUT2D eigenvalue weighted by Crippen LogP contribution is -3.12. The van der Waals surface area contributed by atoms with Gasteiger partial charge in [0, 0.05) is 5.56 Å². The van der Waals surface area contributed by atoms with Crippen LogP contribution in [0, 0.1) is 11.6 Å². The first-order valence-corrected chi connectivity index (χ1v) is 9.91. The quantitative estimate of drug-likeness (QED) is 0.652. The Labute approximate surface area is 174 Å². The average Bonchev–Trinajstić information content (AvgIpc) is 2.75. The summed E-state index contributed by atoms with van der Waals surface area (Å²) in [7, 11) is 0. The second-order valence-electron chi connectivity index (χ2n) is 7.54. The van der Waals surface area contributed by atoms with E-state index in [1.165, 1.54) is 34.7 Å². The number of piperidine rings is 1. The number of carbonyl (C=O) groups excluding carboxylic acids is 1. The topological polar surface area (TPSA) is 21.5 Å². The summed E-state index contributed by atoms with van der Waals surface area (Å²) in [6.07, 6.45) is 3.68. The fourth-order valence-corrected chi connectivity index (χ4v) is 3.73. The fourth-order valence-electron chi connectivity index (χ4n) is 3.73. The highest BCUT2D eigenvalue weighted by Gasteiger charge is 2.29. The zero-order chi connectivity index (χ0) is 20.9. The molecule has 4 rings (SSSR count). The molecule has 1 N–H and O–H groups in total. The fraction of sp³-hybridized carbons (Fsp3) is 0.115. The van der Waals surface area contributed by atoms with E-state index in [1.807, 2.05) is 30.4 Å². The number of hydrogen-bond donors (Lipinski definition) is 1. The van der Waals surface area contributed by atoms with Crippen LogP contribution in [0.4, 0.5) is 8.78 Å². The van der Waals surface area contributed by atoms with Crippen LogP contribution in [0.25, 0.3) is 12.2 Å². The van der Waals surface area contributed by atoms with Crippen LogP contribution < -0.4 is 4.90 Å². The maximum Gasteiger partial charge on any atom is 0.196 e. The number of benzene rings is 3. The van der Waals surface area contributed by atoms with Crippen molar-refractivity contribution in [3.05, 3.63) is 118 Å². The van der Waals surface area contributed by atoms with Gasteiger partial charge in [0.25, 0.3) is 0 Å². The van der Waals surface area contributed by atoms with E-state index in [1.54, 1.807) is 24.3 Å². The molecule has 0 unspecified atom stereocenters. The Balaban J connectivity index is 1.67. The van der Waals surface area contributed by atoms with Crippen LogP contribution >= 0.6 is 0 Å². The van der Waals surface area contributed by atoms with Gasteiger partial charge in [-0.25, -0.2) is 8.78 Å². The van der Waals surface area contributed by atoms with Gasteiger partial charge >= 0.3 is 0 Å². The second-order valence-corrected chi connectivity index (χ2v) is 7.54. The van der Waals surface area contributed by atoms with Crippen LogP contribution in [0.3, 0.4) is 0 Å². The Morgan fingerprint density at radius 2 is 1.17 bits per heavy atom. The molecule has 1 saturated heterocycles. The molecule has 1 aliphatic heterocycles. The van der Waals surface area contributed by atoms with E-state index in [2.05, 4.69) is 12.1 Å². The van der Waals surface area contributed by atoms with E-state index in [4.69, 9.17) is 0 Å². The van der Waals surface area contributed by atoms with Gasteiger partial charge in [-0.1, -0.05) is 54.6 Å². The monoisotopic (exact) mass is 402 g/mol. The van der Waals surface area contributed by atoms with Crippen LogP contribution in [-0.4, -0.2) is 18.9 Å². The average molecular weight is 402 g/mol. The van der Waals surface area contributed by atoms with Gasteiger partial charge in [-0.15, -0.1) is 0 Å². The second kappa shape index (κ2) is 8.97. The molecule has 0 atom stereocenters. The van der Waals surface area contributed by atoms with Gasteiger partial charge in [0.1, 0.15) is 31.3 Å². The summed E-state index contributed by atoms with van der Waals surface area (Å²) in [6, 6.07) is 22.4. The van der Waals surface area contributed by atoms with E-state index < -0.39 is 0 Å². The van der Waals surface area contributed by atoms with Crippen molar-refractivity contribution in [2.75, 3.05) is 13.1 Å². The van der Waals surface area contributed by atoms with Crippen molar-refractivity contribution in [1.82, 2.24) is 0 Å². The Morgan fingerprint density at radius 1 is 0.700 bits per heavy atom. The molecule has 1 heterocycles. The molecule has 0 bridgehead atoms. The van der Waals surface area contributed by atoms with Gasteiger partial charge in [0.2, 0.25) is 0 Å². The number of carbonyl (C=O) groups is 1. The molecule has 3 aromatic rings. The molecule has 2 nitrogen and oxygen atoms in total. The number of nitrogens with one attached hydrogen (secondary N) is 1. The van der Waals surface area contributed by atoms with Crippen molar-refractivity contribution >= 4 is 17.9 Å². The Morgan fingerprint density at radius 3 is 1.63 bits per heavy atom. The SMILES string of the molecule is O=C1/C(=C\c2ccc(F)cc2)C[NH+](Cc2ccccc2)C/C1=C/c1ccc(F)cc1. The minimum absolute atomic E-state index is 0.0135. The summed E-state index contributed by atoms with van der Waals surface area (Å²) < 4.78 is 26.5. The summed E-state index contributed by atoms with van der Waals surface area (Å²) >= 11 is 0. The standard InChI is InChI=1S/C26H21F2NO/c27-24-10-6-19(7-11-24)14-22-17-29(16-21-4-2-1-3-5-21)18-23(26(22)30)15-20-8-12-25(28)13-9-20/h1-15H,16-18H2/p+1/b22-14-,23-15-. The molecule has 150 valence electrons. The number of likely N-dealkylation sites (tertiary alicyclic amines) is 1. The predicted molar refractivity (Wildman–Crippen MR) is 115 cm³/mol. The molecule has 0 saturated carbocycles. The van der Waals surface area contributed by atoms with E-state index >= 15 is 0 Å². The molecule has 30 heavy (non-hydrogen) atoms. The highest BCUT2D eigenvalue weighted by Crippen LogP contribution is 2.17. The third kappa shape index (κ3) is 4.97. The van der Waals surface area contributed by atoms with Gasteiger partial charge in [0.15, 0.2) is 5.78 Å². The molecule has 0 amide bonds. The van der Waals surface area contributed by atoms with Gasteiger partial charge < -0.3 is 4.90 Å². The van der Waals surface area contributed by atoms with Crippen molar-refractivity contribution < 1.29 is 18.5 Å². The largest absolute Gasteiger partial charge is 0.323 e. The smallest absolute Gasteiger partial charge is 0.196 e. The first-order chi connectivity index (χ1) is 14.6. The van der Waals surface area contributed by atoms with Crippen molar-refractivity contribution in [3.8, 4) is 0 Å². The van der Waals surface area contributed by atoms with Crippen LogP contribution in [0.2, 0.25) is 0 Å². The minimum Gasteiger partial charge on any atom is -0.323 e. The van der Waals surface area contributed by atoms with Crippen LogP contribution in [0.5, 0.6) is 0 Å². The van der Waals surface area contributed by atoms with E-state index in [-0.39, 0.29) is 17.4 Å². The van der Waals surface area contributed by atoms with E-state index in [0.29, 0.717) is 24.2 Å². The van der Waals surface area contributed by atoms with Crippen molar-refractivity contribution in [2.45, 2.75) is 6.54 Å². The van der Waals surface area contributed by atoms with Crippen LogP contribution in [0.15, 0.2) is 90.0 Å². The van der Waals surface area contributed by atoms with Crippen molar-refractivity contribution in [1.29, 1.82) is 0 Å². The van der Waals surface area contributed by atoms with Crippen molar-refractivity contribution in [2.24, 2.45) is 0 Å². The molecule has 1 aliphatic rings. The third-order valence-corrected chi connectivity index (χ3v) is 5.18. The summed E-state index contributed by atoms with van der Waals surface area (Å²) in [5, 5.41) is 0. The summed E-state index contributed by atoms with van der Waals surface area (Å²) in [5.74, 6) is -0.624. The Hall–Kier alpha value is -3.37. The number of hydrogen-bond acceptors (Lipinski definition) is 1. The number of rotatable bonds is 4. The van der Waals surface area contributed by atoms with Gasteiger partial charge in [0.05, 0.1) is 11.1 Å². The van der Waals surface area contributed by atoms with Gasteiger partial charge in [-0.3, -0.25) is 4.79 Å². The van der Waals surface area contributed by atoms with E-state index in [0.717, 1.165) is 17.7 Å². The van der Waals surface area contributed by atoms with Crippen molar-refractivity contribution in [3.63, 3.8) is 0 Å². The number of ketones is 1. The number of halogens is 2. The lowest BCUT2D eigenvalue weighted by molar-refractivity contribution is -0.904. The Kier molecular flexibility index (Phi) is 5.96. The molecular weight excluding hydrogens is 380 g/mol. The zero-order valence-electron chi connectivity index (χ0n) is 16.4. The first kappa shape index (κ1) is 19.9. The maximum atomic E-state index is 13.3. The summed E-state index contributed by atoms with van der Waals surface area (Å²) in [6.45, 7) is 1.97. The molecule has 3 aromatic carbocycles. The van der Waals surface area contributed by atoms with Gasteiger partial charge in [-0.05, 0) is 47.5 Å². The molecule has 0 aliphatic carbocycles. The summed E-state index contributed by atoms with van der Waals surface area (Å²) in [4.78, 5) is 14.4. The Bertz CT molecular complexity index is 1020. The highest BCUT2D eigenvalue weighted by atomic mass is 19.1. The number of quaternary nitrogens is 1. The molecule has 4 heteroatoms. The summed E-state index contributed by atoms with van der Waals surface area (Å²) in [5.41, 5.74) is 4.16. The van der Waals surface area contributed by atoms with Crippen LogP contribution in [-0.2, 0) is 11.3 Å². The molecular formula is C26H22F2NO+. The number of Topliss-reactive ketones (excluding diaryl/α,β-unsaturated/α-hetero) is 1. The molecule has 0 aromatic heterocycles. The maximum absolute atomic E-state index is 13.3. The molecule has 0 spiro atoms. The first-order valence-electron chi connectivity index (χ1n) is 9.91. The lowest BCUT2D eigenvalue weighted by atomic mass is 9.94. The third-order valence-electron chi connectivity index (χ3n) is 5.18. The lowest BCUT2D eigenvalue weighted by Gasteiger charge is -2.27. The normalized spacial score (nSPS) is 19.4. The predicted octanol–water partition coefficient (Wildman–Crippen LogP) is 4.10.